The fourth-order valence-electron chi connectivity index (χ4n) is 3.26. The van der Waals surface area contributed by atoms with Crippen LogP contribution in [0, 0.1) is 16.7 Å². The second-order valence-corrected chi connectivity index (χ2v) is 7.13. The molecular formula is C18H27FN4O2. The second kappa shape index (κ2) is 8.32. The SMILES string of the molecule is CCCNC(=O)C1(C)CC=C(NCC(=O)N2C[C@@H](F)C[C@H]2C#N)CC1. The number of hydrogen-bond acceptors (Lipinski definition) is 4. The molecule has 138 valence electrons. The van der Waals surface area contributed by atoms with Crippen LogP contribution < -0.4 is 10.6 Å². The molecule has 0 radical (unpaired) electrons. The third kappa shape index (κ3) is 4.71. The van der Waals surface area contributed by atoms with E-state index < -0.39 is 17.6 Å². The molecule has 1 saturated heterocycles. The van der Waals surface area contributed by atoms with Crippen molar-refractivity contribution in [3.8, 4) is 6.07 Å². The van der Waals surface area contributed by atoms with Gasteiger partial charge in [-0.25, -0.2) is 4.39 Å². The number of alkyl halides is 1. The zero-order chi connectivity index (χ0) is 18.4. The number of likely N-dealkylation sites (tertiary alicyclic amines) is 1. The van der Waals surface area contributed by atoms with Gasteiger partial charge in [-0.3, -0.25) is 9.59 Å². The van der Waals surface area contributed by atoms with Gasteiger partial charge in [-0.1, -0.05) is 19.9 Å². The summed E-state index contributed by atoms with van der Waals surface area (Å²) >= 11 is 0. The molecular weight excluding hydrogens is 323 g/mol. The monoisotopic (exact) mass is 350 g/mol. The lowest BCUT2D eigenvalue weighted by molar-refractivity contribution is -0.131. The van der Waals surface area contributed by atoms with Gasteiger partial charge < -0.3 is 15.5 Å². The molecule has 0 spiro atoms. The Morgan fingerprint density at radius 2 is 2.28 bits per heavy atom. The summed E-state index contributed by atoms with van der Waals surface area (Å²) in [7, 11) is 0. The number of carbonyl (C=O) groups is 2. The first-order valence-electron chi connectivity index (χ1n) is 8.94. The number of rotatable bonds is 6. The highest BCUT2D eigenvalue weighted by Crippen LogP contribution is 2.34. The maximum absolute atomic E-state index is 13.4. The van der Waals surface area contributed by atoms with Crippen molar-refractivity contribution in [1.82, 2.24) is 15.5 Å². The van der Waals surface area contributed by atoms with Crippen LogP contribution in [-0.4, -0.2) is 48.6 Å². The van der Waals surface area contributed by atoms with E-state index in [0.717, 1.165) is 12.1 Å². The predicted octanol–water partition coefficient (Wildman–Crippen LogP) is 1.64. The Morgan fingerprint density at radius 3 is 2.88 bits per heavy atom. The first kappa shape index (κ1) is 19.2. The lowest BCUT2D eigenvalue weighted by Crippen LogP contribution is -2.42. The maximum atomic E-state index is 13.4. The lowest BCUT2D eigenvalue weighted by Gasteiger charge is -2.32. The van der Waals surface area contributed by atoms with Gasteiger partial charge in [0.15, 0.2) is 0 Å². The average molecular weight is 350 g/mol. The molecule has 2 amide bonds. The summed E-state index contributed by atoms with van der Waals surface area (Å²) in [5.74, 6) is -0.190. The summed E-state index contributed by atoms with van der Waals surface area (Å²) in [6.45, 7) is 4.70. The quantitative estimate of drug-likeness (QED) is 0.763. The summed E-state index contributed by atoms with van der Waals surface area (Å²) in [4.78, 5) is 25.8. The molecule has 1 unspecified atom stereocenters. The van der Waals surface area contributed by atoms with Gasteiger partial charge in [0.2, 0.25) is 11.8 Å². The number of hydrogen-bond donors (Lipinski definition) is 2. The molecule has 0 aromatic carbocycles. The molecule has 0 aromatic rings. The van der Waals surface area contributed by atoms with E-state index in [1.807, 2.05) is 26.0 Å². The zero-order valence-electron chi connectivity index (χ0n) is 15.0. The third-order valence-corrected chi connectivity index (χ3v) is 5.01. The zero-order valence-corrected chi connectivity index (χ0v) is 15.0. The molecule has 25 heavy (non-hydrogen) atoms. The van der Waals surface area contributed by atoms with Crippen molar-refractivity contribution in [2.75, 3.05) is 19.6 Å². The minimum atomic E-state index is -1.12. The minimum Gasteiger partial charge on any atom is -0.380 e. The van der Waals surface area contributed by atoms with Crippen molar-refractivity contribution in [2.45, 2.75) is 58.2 Å². The van der Waals surface area contributed by atoms with Gasteiger partial charge in [0.1, 0.15) is 12.2 Å². The van der Waals surface area contributed by atoms with Crippen molar-refractivity contribution in [1.29, 1.82) is 5.26 Å². The molecule has 0 bridgehead atoms. The summed E-state index contributed by atoms with van der Waals surface area (Å²) in [6, 6.07) is 1.31. The molecule has 0 saturated carbocycles. The topological polar surface area (TPSA) is 85.2 Å². The van der Waals surface area contributed by atoms with Crippen molar-refractivity contribution in [2.24, 2.45) is 5.41 Å². The van der Waals surface area contributed by atoms with E-state index in [9.17, 15) is 14.0 Å². The average Bonchev–Trinajstić information content (AvgIpc) is 3.00. The molecule has 6 nitrogen and oxygen atoms in total. The lowest BCUT2D eigenvalue weighted by atomic mass is 9.77. The minimum absolute atomic E-state index is 0.00649. The molecule has 1 aliphatic carbocycles. The first-order valence-corrected chi connectivity index (χ1v) is 8.94. The highest BCUT2D eigenvalue weighted by Gasteiger charge is 2.36. The third-order valence-electron chi connectivity index (χ3n) is 5.01. The van der Waals surface area contributed by atoms with Crippen LogP contribution in [0.2, 0.25) is 0 Å². The first-order chi connectivity index (χ1) is 11.9. The molecule has 2 aliphatic rings. The highest BCUT2D eigenvalue weighted by atomic mass is 19.1. The summed E-state index contributed by atoms with van der Waals surface area (Å²) in [5, 5.41) is 15.0. The van der Waals surface area contributed by atoms with Crippen LogP contribution in [0.15, 0.2) is 11.8 Å². The number of nitrogens with one attached hydrogen (secondary N) is 2. The molecule has 7 heteroatoms. The standard InChI is InChI=1S/C18H27FN4O2/c1-3-8-21-17(25)18(2)6-4-14(5-7-18)22-11-16(24)23-12-13(19)9-15(23)10-20/h4,13,15,22H,3,5-9,11-12H2,1-2H3,(H,21,25)/t13-,15-,18?/m0/s1. The molecule has 1 fully saturated rings. The van der Waals surface area contributed by atoms with Crippen LogP contribution in [0.3, 0.4) is 0 Å². The number of nitrogens with zero attached hydrogens (tertiary/aromatic N) is 2. The predicted molar refractivity (Wildman–Crippen MR) is 92.0 cm³/mol. The van der Waals surface area contributed by atoms with Gasteiger partial charge in [0.05, 0.1) is 24.6 Å². The number of allylic oxidation sites excluding steroid dienone is 2. The van der Waals surface area contributed by atoms with Crippen LogP contribution >= 0.6 is 0 Å². The maximum Gasteiger partial charge on any atom is 0.243 e. The second-order valence-electron chi connectivity index (χ2n) is 7.13. The Labute approximate surface area is 148 Å². The van der Waals surface area contributed by atoms with E-state index in [4.69, 9.17) is 5.26 Å². The normalized spacial score (nSPS) is 28.9. The van der Waals surface area contributed by atoms with E-state index in [1.54, 1.807) is 0 Å². The molecule has 1 heterocycles. The highest BCUT2D eigenvalue weighted by molar-refractivity contribution is 5.82. The summed E-state index contributed by atoms with van der Waals surface area (Å²) in [6.07, 6.45) is 3.87. The Kier molecular flexibility index (Phi) is 6.40. The van der Waals surface area contributed by atoms with Gasteiger partial charge in [0.25, 0.3) is 0 Å². The van der Waals surface area contributed by atoms with Crippen LogP contribution in [0.4, 0.5) is 4.39 Å². The van der Waals surface area contributed by atoms with E-state index in [0.29, 0.717) is 25.8 Å². The number of carbonyl (C=O) groups excluding carboxylic acids is 2. The molecule has 3 atom stereocenters. The van der Waals surface area contributed by atoms with E-state index >= 15 is 0 Å². The van der Waals surface area contributed by atoms with Gasteiger partial charge in [-0.15, -0.1) is 0 Å². The van der Waals surface area contributed by atoms with E-state index in [1.165, 1.54) is 4.90 Å². The Balaban J connectivity index is 1.84. The fraction of sp³-hybridized carbons (Fsp3) is 0.722. The van der Waals surface area contributed by atoms with Crippen LogP contribution in [0.25, 0.3) is 0 Å². The summed E-state index contributed by atoms with van der Waals surface area (Å²) in [5.41, 5.74) is 0.519. The smallest absolute Gasteiger partial charge is 0.243 e. The fourth-order valence-corrected chi connectivity index (χ4v) is 3.26. The number of nitriles is 1. The summed E-state index contributed by atoms with van der Waals surface area (Å²) < 4.78 is 13.4. The van der Waals surface area contributed by atoms with Gasteiger partial charge in [-0.2, -0.15) is 5.26 Å². The molecule has 1 aliphatic heterocycles. The van der Waals surface area contributed by atoms with Crippen LogP contribution in [0.1, 0.15) is 46.0 Å². The molecule has 2 rings (SSSR count). The number of amides is 2. The van der Waals surface area contributed by atoms with E-state index in [-0.39, 0.29) is 31.3 Å². The van der Waals surface area contributed by atoms with Crippen molar-refractivity contribution in [3.05, 3.63) is 11.8 Å². The number of halogens is 1. The van der Waals surface area contributed by atoms with Crippen molar-refractivity contribution in [3.63, 3.8) is 0 Å². The van der Waals surface area contributed by atoms with E-state index in [2.05, 4.69) is 10.6 Å². The van der Waals surface area contributed by atoms with Gasteiger partial charge in [0, 0.05) is 18.7 Å². The molecule has 0 aromatic heterocycles. The Hall–Kier alpha value is -2.10. The van der Waals surface area contributed by atoms with Crippen molar-refractivity contribution >= 4 is 11.8 Å². The van der Waals surface area contributed by atoms with Gasteiger partial charge in [-0.05, 0) is 25.7 Å². The Morgan fingerprint density at radius 1 is 1.52 bits per heavy atom. The Bertz CT molecular complexity index is 586. The molecule has 2 N–H and O–H groups in total. The van der Waals surface area contributed by atoms with Gasteiger partial charge >= 0.3 is 0 Å². The largest absolute Gasteiger partial charge is 0.380 e. The van der Waals surface area contributed by atoms with Crippen LogP contribution in [0.5, 0.6) is 0 Å². The van der Waals surface area contributed by atoms with Crippen LogP contribution in [-0.2, 0) is 9.59 Å². The van der Waals surface area contributed by atoms with Crippen molar-refractivity contribution < 1.29 is 14.0 Å².